The normalized spacial score (nSPS) is 18.1. The number of methoxy groups -OCH3 is 1. The lowest BCUT2D eigenvalue weighted by Gasteiger charge is -2.29. The fraction of sp³-hybridized carbons (Fsp3) is 0.310. The molecule has 5 nitrogen and oxygen atoms in total. The third-order valence-corrected chi connectivity index (χ3v) is 7.10. The first-order valence-electron chi connectivity index (χ1n) is 12.1. The molecule has 0 atom stereocenters. The first-order chi connectivity index (χ1) is 16.6. The molecule has 0 aliphatic heterocycles. The predicted molar refractivity (Wildman–Crippen MR) is 136 cm³/mol. The third kappa shape index (κ3) is 4.56. The molecule has 0 radical (unpaired) electrons. The number of benzene rings is 2. The van der Waals surface area contributed by atoms with E-state index in [1.807, 2.05) is 49.5 Å². The minimum atomic E-state index is -0.0163. The van der Waals surface area contributed by atoms with Crippen molar-refractivity contribution in [3.63, 3.8) is 0 Å². The molecule has 34 heavy (non-hydrogen) atoms. The summed E-state index contributed by atoms with van der Waals surface area (Å²) in [7, 11) is 1.65. The van der Waals surface area contributed by atoms with Crippen LogP contribution in [0.25, 0.3) is 22.2 Å². The smallest absolute Gasteiger partial charge is 0.253 e. The van der Waals surface area contributed by atoms with E-state index >= 15 is 0 Å². The maximum Gasteiger partial charge on any atom is 0.253 e. The Morgan fingerprint density at radius 1 is 1.06 bits per heavy atom. The van der Waals surface area contributed by atoms with Crippen molar-refractivity contribution < 1.29 is 9.53 Å². The number of aryl methyl sites for hydroxylation is 1. The Balaban J connectivity index is 1.21. The lowest BCUT2D eigenvalue weighted by atomic mass is 9.78. The van der Waals surface area contributed by atoms with Crippen molar-refractivity contribution in [3.8, 4) is 17.0 Å². The number of carbonyl (C=O) groups is 1. The standard InChI is InChI=1S/C29H31N3O2/c1-19-17-26(28(32-19)22-11-13-23(34-2)14-12-22)29(33)31-18-20-7-9-21(10-8-20)24-15-16-30-27-6-4-3-5-25(24)27/h3-6,11-17,20-21,32H,7-10,18H2,1-2H3,(H,31,33). The Kier molecular flexibility index (Phi) is 6.35. The van der Waals surface area contributed by atoms with Crippen LogP contribution in [0.5, 0.6) is 5.75 Å². The Hall–Kier alpha value is -3.60. The number of nitrogens with zero attached hydrogens (tertiary/aromatic N) is 1. The van der Waals surface area contributed by atoms with Gasteiger partial charge in [-0.15, -0.1) is 0 Å². The number of ether oxygens (including phenoxy) is 1. The van der Waals surface area contributed by atoms with E-state index < -0.39 is 0 Å². The Morgan fingerprint density at radius 2 is 1.82 bits per heavy atom. The number of nitrogens with one attached hydrogen (secondary N) is 2. The number of hydrogen-bond donors (Lipinski definition) is 2. The summed E-state index contributed by atoms with van der Waals surface area (Å²) in [6, 6.07) is 20.3. The lowest BCUT2D eigenvalue weighted by Crippen LogP contribution is -2.31. The van der Waals surface area contributed by atoms with Gasteiger partial charge in [0.1, 0.15) is 5.75 Å². The fourth-order valence-electron chi connectivity index (χ4n) is 5.24. The molecule has 5 heteroatoms. The van der Waals surface area contributed by atoms with Gasteiger partial charge in [-0.3, -0.25) is 9.78 Å². The van der Waals surface area contributed by atoms with Crippen LogP contribution >= 0.6 is 0 Å². The minimum absolute atomic E-state index is 0.0163. The van der Waals surface area contributed by atoms with Crippen molar-refractivity contribution in [1.29, 1.82) is 0 Å². The van der Waals surface area contributed by atoms with Crippen LogP contribution in [0.2, 0.25) is 0 Å². The van der Waals surface area contributed by atoms with Gasteiger partial charge in [0.25, 0.3) is 5.91 Å². The summed E-state index contributed by atoms with van der Waals surface area (Å²) in [6.45, 7) is 2.70. The average Bonchev–Trinajstić information content (AvgIpc) is 3.29. The summed E-state index contributed by atoms with van der Waals surface area (Å²) in [5.41, 5.74) is 5.99. The molecule has 0 saturated heterocycles. The Morgan fingerprint density at radius 3 is 2.59 bits per heavy atom. The van der Waals surface area contributed by atoms with Gasteiger partial charge >= 0.3 is 0 Å². The second kappa shape index (κ2) is 9.72. The third-order valence-electron chi connectivity index (χ3n) is 7.10. The summed E-state index contributed by atoms with van der Waals surface area (Å²) < 4.78 is 5.26. The summed E-state index contributed by atoms with van der Waals surface area (Å²) in [6.07, 6.45) is 6.48. The first kappa shape index (κ1) is 22.2. The van der Waals surface area contributed by atoms with Gasteiger partial charge in [0.05, 0.1) is 23.9 Å². The Bertz CT molecular complexity index is 1280. The van der Waals surface area contributed by atoms with Crippen LogP contribution in [0.4, 0.5) is 0 Å². The molecule has 1 fully saturated rings. The summed E-state index contributed by atoms with van der Waals surface area (Å²) in [5.74, 6) is 1.86. The van der Waals surface area contributed by atoms with E-state index in [1.165, 1.54) is 10.9 Å². The van der Waals surface area contributed by atoms with Gasteiger partial charge in [0.2, 0.25) is 0 Å². The fourth-order valence-corrected chi connectivity index (χ4v) is 5.24. The maximum atomic E-state index is 13.1. The number of aromatic amines is 1. The number of rotatable bonds is 6. The number of H-pyrrole nitrogens is 1. The van der Waals surface area contributed by atoms with Crippen molar-refractivity contribution in [2.75, 3.05) is 13.7 Å². The minimum Gasteiger partial charge on any atom is -0.497 e. The molecule has 4 aromatic rings. The molecule has 174 valence electrons. The zero-order valence-electron chi connectivity index (χ0n) is 19.8. The summed E-state index contributed by atoms with van der Waals surface area (Å²) >= 11 is 0. The highest BCUT2D eigenvalue weighted by Gasteiger charge is 2.25. The number of aromatic nitrogens is 2. The summed E-state index contributed by atoms with van der Waals surface area (Å²) in [4.78, 5) is 20.9. The average molecular weight is 454 g/mol. The molecule has 5 rings (SSSR count). The van der Waals surface area contributed by atoms with E-state index in [4.69, 9.17) is 4.74 Å². The van der Waals surface area contributed by atoms with Crippen LogP contribution in [0, 0.1) is 12.8 Å². The Labute approximate surface area is 200 Å². The van der Waals surface area contributed by atoms with Crippen molar-refractivity contribution in [2.45, 2.75) is 38.5 Å². The topological polar surface area (TPSA) is 67.0 Å². The van der Waals surface area contributed by atoms with Gasteiger partial charge in [0, 0.05) is 23.8 Å². The van der Waals surface area contributed by atoms with Gasteiger partial charge in [-0.1, -0.05) is 18.2 Å². The van der Waals surface area contributed by atoms with E-state index in [2.05, 4.69) is 39.6 Å². The number of hydrogen-bond acceptors (Lipinski definition) is 3. The summed E-state index contributed by atoms with van der Waals surface area (Å²) in [5, 5.41) is 4.48. The molecule has 2 heterocycles. The highest BCUT2D eigenvalue weighted by molar-refractivity contribution is 6.00. The van der Waals surface area contributed by atoms with Crippen LogP contribution in [-0.2, 0) is 0 Å². The molecule has 1 aliphatic rings. The zero-order chi connectivity index (χ0) is 23.5. The monoisotopic (exact) mass is 453 g/mol. The predicted octanol–water partition coefficient (Wildman–Crippen LogP) is 6.25. The van der Waals surface area contributed by atoms with Crippen LogP contribution in [0.1, 0.15) is 53.2 Å². The van der Waals surface area contributed by atoms with Crippen molar-refractivity contribution in [2.24, 2.45) is 5.92 Å². The second-order valence-corrected chi connectivity index (χ2v) is 9.31. The molecule has 2 aromatic heterocycles. The number of para-hydroxylation sites is 1. The number of pyridine rings is 1. The van der Waals surface area contributed by atoms with Crippen LogP contribution in [0.15, 0.2) is 66.9 Å². The van der Waals surface area contributed by atoms with E-state index in [1.54, 1.807) is 7.11 Å². The SMILES string of the molecule is COc1ccc(-c2[nH]c(C)cc2C(=O)NCC2CCC(c3ccnc4ccccc34)CC2)cc1. The molecule has 1 amide bonds. The van der Waals surface area contributed by atoms with Crippen molar-refractivity contribution >= 4 is 16.8 Å². The number of carbonyl (C=O) groups excluding carboxylic acids is 1. The van der Waals surface area contributed by atoms with Crippen molar-refractivity contribution in [1.82, 2.24) is 15.3 Å². The highest BCUT2D eigenvalue weighted by atomic mass is 16.5. The van der Waals surface area contributed by atoms with Gasteiger partial charge in [-0.05, 0) is 98.0 Å². The number of amides is 1. The molecule has 0 unspecified atom stereocenters. The molecule has 0 bridgehead atoms. The molecular weight excluding hydrogens is 422 g/mol. The van der Waals surface area contributed by atoms with E-state index in [0.29, 0.717) is 17.4 Å². The van der Waals surface area contributed by atoms with Crippen LogP contribution < -0.4 is 10.1 Å². The number of fused-ring (bicyclic) bond motifs is 1. The molecule has 2 aromatic carbocycles. The first-order valence-corrected chi connectivity index (χ1v) is 12.1. The lowest BCUT2D eigenvalue weighted by molar-refractivity contribution is 0.0943. The maximum absolute atomic E-state index is 13.1. The second-order valence-electron chi connectivity index (χ2n) is 9.31. The molecule has 1 aliphatic carbocycles. The van der Waals surface area contributed by atoms with E-state index in [0.717, 1.165) is 60.4 Å². The van der Waals surface area contributed by atoms with Gasteiger partial charge < -0.3 is 15.0 Å². The molecule has 2 N–H and O–H groups in total. The van der Waals surface area contributed by atoms with Crippen LogP contribution in [-0.4, -0.2) is 29.5 Å². The van der Waals surface area contributed by atoms with Gasteiger partial charge in [-0.25, -0.2) is 0 Å². The van der Waals surface area contributed by atoms with Crippen molar-refractivity contribution in [3.05, 3.63) is 83.7 Å². The zero-order valence-corrected chi connectivity index (χ0v) is 19.8. The van der Waals surface area contributed by atoms with E-state index in [9.17, 15) is 4.79 Å². The van der Waals surface area contributed by atoms with E-state index in [-0.39, 0.29) is 5.91 Å². The van der Waals surface area contributed by atoms with Crippen LogP contribution in [0.3, 0.4) is 0 Å². The highest BCUT2D eigenvalue weighted by Crippen LogP contribution is 2.38. The quantitative estimate of drug-likeness (QED) is 0.363. The largest absolute Gasteiger partial charge is 0.497 e. The molecular formula is C29H31N3O2. The molecule has 1 saturated carbocycles. The molecule has 0 spiro atoms. The van der Waals surface area contributed by atoms with Gasteiger partial charge in [-0.2, -0.15) is 0 Å². The van der Waals surface area contributed by atoms with Gasteiger partial charge in [0.15, 0.2) is 0 Å².